The third kappa shape index (κ3) is 7.11. The molecule has 0 fully saturated rings. The molecule has 2 aromatic rings. The molecule has 166 valence electrons. The molecule has 0 saturated heterocycles. The molecule has 0 heterocycles. The third-order valence-corrected chi connectivity index (χ3v) is 5.67. The van der Waals surface area contributed by atoms with Gasteiger partial charge in [0.15, 0.2) is 0 Å². The van der Waals surface area contributed by atoms with Gasteiger partial charge >= 0.3 is 0 Å². The van der Waals surface area contributed by atoms with Crippen LogP contribution in [-0.2, 0) is 17.6 Å². The standard InChI is InChI=1S/C23H24Cl3FN2O2/c24-23(25,26)21(31)29-22(12-17-6-8-19(27)9-7-17)13-18(14-22)15-28-10-2-4-16-3-1-5-20(30)11-16/h1,3,5-9,11,13,28,30H,2,4,10,12,14-15H2,(H,29,31). The number of hydrogen-bond acceptors (Lipinski definition) is 3. The SMILES string of the molecule is O=C(NC1(Cc2ccc(F)cc2)C=C(CNCCCc2cccc(O)c2)C1)C(Cl)(Cl)Cl. The van der Waals surface area contributed by atoms with E-state index >= 15 is 0 Å². The number of halogens is 4. The summed E-state index contributed by atoms with van der Waals surface area (Å²) in [4.78, 5) is 12.3. The largest absolute Gasteiger partial charge is 0.508 e. The summed E-state index contributed by atoms with van der Waals surface area (Å²) in [6, 6.07) is 13.4. The summed E-state index contributed by atoms with van der Waals surface area (Å²) < 4.78 is 11.2. The van der Waals surface area contributed by atoms with Gasteiger partial charge in [-0.05, 0) is 67.6 Å². The van der Waals surface area contributed by atoms with Gasteiger partial charge in [0.25, 0.3) is 9.70 Å². The molecule has 31 heavy (non-hydrogen) atoms. The quantitative estimate of drug-likeness (QED) is 0.270. The molecule has 1 aliphatic carbocycles. The predicted molar refractivity (Wildman–Crippen MR) is 123 cm³/mol. The number of benzene rings is 2. The average Bonchev–Trinajstić information content (AvgIpc) is 2.67. The summed E-state index contributed by atoms with van der Waals surface area (Å²) in [5.41, 5.74) is 2.44. The monoisotopic (exact) mass is 484 g/mol. The molecular weight excluding hydrogens is 462 g/mol. The summed E-state index contributed by atoms with van der Waals surface area (Å²) in [5.74, 6) is -0.726. The minimum Gasteiger partial charge on any atom is -0.508 e. The molecule has 4 nitrogen and oxygen atoms in total. The minimum absolute atomic E-state index is 0.277. The van der Waals surface area contributed by atoms with E-state index in [0.717, 1.165) is 36.1 Å². The minimum atomic E-state index is -2.05. The van der Waals surface area contributed by atoms with E-state index in [4.69, 9.17) is 34.8 Å². The molecule has 1 unspecified atom stereocenters. The van der Waals surface area contributed by atoms with Gasteiger partial charge in [-0.3, -0.25) is 4.79 Å². The van der Waals surface area contributed by atoms with Crippen molar-refractivity contribution in [1.29, 1.82) is 0 Å². The van der Waals surface area contributed by atoms with Crippen molar-refractivity contribution in [2.75, 3.05) is 13.1 Å². The van der Waals surface area contributed by atoms with Crippen LogP contribution in [0.25, 0.3) is 0 Å². The third-order valence-electron chi connectivity index (χ3n) is 5.16. The van der Waals surface area contributed by atoms with Gasteiger partial charge in [-0.15, -0.1) is 0 Å². The lowest BCUT2D eigenvalue weighted by atomic mass is 9.74. The molecule has 0 saturated carbocycles. The highest BCUT2D eigenvalue weighted by molar-refractivity contribution is 6.76. The lowest BCUT2D eigenvalue weighted by molar-refractivity contribution is -0.121. The Morgan fingerprint density at radius 1 is 1.13 bits per heavy atom. The van der Waals surface area contributed by atoms with Crippen LogP contribution in [0.3, 0.4) is 0 Å². The zero-order valence-electron chi connectivity index (χ0n) is 16.8. The van der Waals surface area contributed by atoms with Crippen molar-refractivity contribution in [3.8, 4) is 5.75 Å². The Kier molecular flexibility index (Phi) is 7.87. The summed E-state index contributed by atoms with van der Waals surface area (Å²) in [5, 5.41) is 15.7. The summed E-state index contributed by atoms with van der Waals surface area (Å²) in [6.45, 7) is 1.51. The number of phenols is 1. The first kappa shape index (κ1) is 23.9. The zero-order valence-corrected chi connectivity index (χ0v) is 19.1. The van der Waals surface area contributed by atoms with E-state index in [9.17, 15) is 14.3 Å². The van der Waals surface area contributed by atoms with Crippen LogP contribution in [-0.4, -0.2) is 33.4 Å². The zero-order chi connectivity index (χ0) is 22.5. The first-order valence-electron chi connectivity index (χ1n) is 9.98. The van der Waals surface area contributed by atoms with Gasteiger partial charge in [-0.1, -0.05) is 70.7 Å². The molecule has 3 N–H and O–H groups in total. The molecule has 2 aromatic carbocycles. The summed E-state index contributed by atoms with van der Waals surface area (Å²) in [6.07, 6.45) is 4.86. The first-order chi connectivity index (χ1) is 14.7. The number of aryl methyl sites for hydroxylation is 1. The number of carbonyl (C=O) groups excluding carboxylic acids is 1. The van der Waals surface area contributed by atoms with Crippen molar-refractivity contribution in [3.05, 3.63) is 77.1 Å². The van der Waals surface area contributed by atoms with Gasteiger partial charge in [0.1, 0.15) is 11.6 Å². The highest BCUT2D eigenvalue weighted by Crippen LogP contribution is 2.36. The molecule has 0 aromatic heterocycles. The number of hydrogen-bond donors (Lipinski definition) is 3. The maximum atomic E-state index is 13.2. The topological polar surface area (TPSA) is 61.4 Å². The van der Waals surface area contributed by atoms with Crippen LogP contribution >= 0.6 is 34.8 Å². The Bertz CT molecular complexity index is 945. The second-order valence-electron chi connectivity index (χ2n) is 7.84. The fourth-order valence-electron chi connectivity index (χ4n) is 3.76. The smallest absolute Gasteiger partial charge is 0.272 e. The lowest BCUT2D eigenvalue weighted by Crippen LogP contribution is -2.56. The van der Waals surface area contributed by atoms with Crippen LogP contribution in [0.5, 0.6) is 5.75 Å². The van der Waals surface area contributed by atoms with Gasteiger partial charge < -0.3 is 15.7 Å². The molecule has 1 aliphatic rings. The fourth-order valence-corrected chi connectivity index (χ4v) is 3.90. The number of rotatable bonds is 9. The van der Waals surface area contributed by atoms with Gasteiger partial charge in [0, 0.05) is 6.54 Å². The number of alkyl halides is 3. The number of nitrogens with one attached hydrogen (secondary N) is 2. The Labute approximate surface area is 196 Å². The van der Waals surface area contributed by atoms with Crippen molar-refractivity contribution in [3.63, 3.8) is 0 Å². The van der Waals surface area contributed by atoms with Crippen LogP contribution in [0.4, 0.5) is 4.39 Å². The molecular formula is C23H24Cl3FN2O2. The van der Waals surface area contributed by atoms with Crippen molar-refractivity contribution < 1.29 is 14.3 Å². The average molecular weight is 486 g/mol. The van der Waals surface area contributed by atoms with E-state index in [-0.39, 0.29) is 11.6 Å². The van der Waals surface area contributed by atoms with Crippen molar-refractivity contribution in [2.45, 2.75) is 35.0 Å². The second-order valence-corrected chi connectivity index (χ2v) is 10.1. The maximum Gasteiger partial charge on any atom is 0.272 e. The Morgan fingerprint density at radius 3 is 2.48 bits per heavy atom. The molecule has 0 bridgehead atoms. The fraction of sp³-hybridized carbons (Fsp3) is 0.348. The second kappa shape index (κ2) is 10.2. The Hall–Kier alpha value is -1.79. The van der Waals surface area contributed by atoms with Crippen molar-refractivity contribution >= 4 is 40.7 Å². The number of carbonyl (C=O) groups is 1. The first-order valence-corrected chi connectivity index (χ1v) is 11.1. The molecule has 3 rings (SSSR count). The molecule has 8 heteroatoms. The van der Waals surface area contributed by atoms with Gasteiger partial charge in [-0.2, -0.15) is 0 Å². The van der Waals surface area contributed by atoms with E-state index in [2.05, 4.69) is 10.6 Å². The number of aromatic hydroxyl groups is 1. The van der Waals surface area contributed by atoms with Crippen molar-refractivity contribution in [1.82, 2.24) is 10.6 Å². The summed E-state index contributed by atoms with van der Waals surface area (Å²) >= 11 is 17.2. The molecule has 1 amide bonds. The summed E-state index contributed by atoms with van der Waals surface area (Å²) in [7, 11) is 0. The number of phenolic OH excluding ortho intramolecular Hbond substituents is 1. The molecule has 0 spiro atoms. The van der Waals surface area contributed by atoms with Gasteiger partial charge in [0.05, 0.1) is 5.54 Å². The van der Waals surface area contributed by atoms with Gasteiger partial charge in [-0.25, -0.2) is 4.39 Å². The van der Waals surface area contributed by atoms with Gasteiger partial charge in [0.2, 0.25) is 0 Å². The Morgan fingerprint density at radius 2 is 1.84 bits per heavy atom. The molecule has 1 atom stereocenters. The van der Waals surface area contributed by atoms with E-state index in [1.807, 2.05) is 18.2 Å². The Balaban J connectivity index is 1.54. The maximum absolute atomic E-state index is 13.2. The van der Waals surface area contributed by atoms with E-state index < -0.39 is 15.2 Å². The predicted octanol–water partition coefficient (Wildman–Crippen LogP) is 4.85. The van der Waals surface area contributed by atoms with Crippen LogP contribution in [0.15, 0.2) is 60.2 Å². The highest BCUT2D eigenvalue weighted by atomic mass is 35.6. The lowest BCUT2D eigenvalue weighted by Gasteiger charge is -2.42. The van der Waals surface area contributed by atoms with E-state index in [1.54, 1.807) is 24.3 Å². The van der Waals surface area contributed by atoms with Crippen LogP contribution in [0, 0.1) is 5.82 Å². The number of amides is 1. The van der Waals surface area contributed by atoms with E-state index in [0.29, 0.717) is 19.4 Å². The normalized spacial score (nSPS) is 18.3. The van der Waals surface area contributed by atoms with Crippen LogP contribution < -0.4 is 10.6 Å². The highest BCUT2D eigenvalue weighted by Gasteiger charge is 2.42. The van der Waals surface area contributed by atoms with Crippen LogP contribution in [0.2, 0.25) is 0 Å². The molecule has 0 aliphatic heterocycles. The van der Waals surface area contributed by atoms with Crippen molar-refractivity contribution in [2.24, 2.45) is 0 Å². The van der Waals surface area contributed by atoms with Crippen LogP contribution in [0.1, 0.15) is 24.0 Å². The molecule has 0 radical (unpaired) electrons. The van der Waals surface area contributed by atoms with E-state index in [1.165, 1.54) is 12.1 Å².